The van der Waals surface area contributed by atoms with Crippen molar-refractivity contribution >= 4 is 34.5 Å². The molecule has 0 bridgehead atoms. The lowest BCUT2D eigenvalue weighted by Crippen LogP contribution is -2.31. The van der Waals surface area contributed by atoms with E-state index in [1.807, 2.05) is 0 Å². The predicted molar refractivity (Wildman–Crippen MR) is 172 cm³/mol. The lowest BCUT2D eigenvalue weighted by atomic mass is 9.71. The third-order valence-corrected chi connectivity index (χ3v) is 9.65. The van der Waals surface area contributed by atoms with Gasteiger partial charge in [-0.3, -0.25) is 4.99 Å². The topological polar surface area (TPSA) is 20.5 Å². The third-order valence-electron chi connectivity index (χ3n) is 9.65. The number of allylic oxidation sites excluding steroid dienone is 9. The number of benzene rings is 2. The minimum absolute atomic E-state index is 0.573. The molecule has 0 fully saturated rings. The van der Waals surface area contributed by atoms with Gasteiger partial charge in [-0.1, -0.05) is 79.3 Å². The van der Waals surface area contributed by atoms with Crippen LogP contribution in [-0.2, 0) is 0 Å². The van der Waals surface area contributed by atoms with Crippen molar-refractivity contribution in [1.29, 1.82) is 0 Å². The number of para-hydroxylation sites is 1. The van der Waals surface area contributed by atoms with Gasteiger partial charge in [0.1, 0.15) is 6.67 Å². The second-order valence-corrected chi connectivity index (χ2v) is 12.4. The highest BCUT2D eigenvalue weighted by molar-refractivity contribution is 6.16. The maximum Gasteiger partial charge on any atom is 0.110 e. The van der Waals surface area contributed by atoms with E-state index in [1.54, 1.807) is 5.57 Å². The molecule has 2 heterocycles. The molecule has 41 heavy (non-hydrogen) atoms. The minimum atomic E-state index is 0.573. The van der Waals surface area contributed by atoms with Gasteiger partial charge in [0, 0.05) is 40.0 Å². The van der Waals surface area contributed by atoms with Crippen LogP contribution >= 0.6 is 0 Å². The summed E-state index contributed by atoms with van der Waals surface area (Å²) in [6, 6.07) is 18.0. The molecule has 0 amide bonds. The predicted octanol–water partition coefficient (Wildman–Crippen LogP) is 7.23. The van der Waals surface area contributed by atoms with Gasteiger partial charge in [0.2, 0.25) is 0 Å². The molecule has 0 saturated carbocycles. The van der Waals surface area contributed by atoms with Gasteiger partial charge in [-0.05, 0) is 91.3 Å². The number of nitrogens with zero attached hydrogens (tertiary/aromatic N) is 3. The summed E-state index contributed by atoms with van der Waals surface area (Å²) in [7, 11) is 2.16. The lowest BCUT2D eigenvalue weighted by Gasteiger charge is -2.35. The van der Waals surface area contributed by atoms with Gasteiger partial charge in [0.15, 0.2) is 0 Å². The molecule has 8 rings (SSSR count). The molecule has 2 aromatic carbocycles. The highest BCUT2D eigenvalue weighted by Crippen LogP contribution is 2.44. The van der Waals surface area contributed by atoms with Crippen molar-refractivity contribution in [2.45, 2.75) is 45.4 Å². The van der Waals surface area contributed by atoms with Crippen LogP contribution in [0.2, 0.25) is 0 Å². The van der Waals surface area contributed by atoms with E-state index in [-0.39, 0.29) is 0 Å². The Kier molecular flexibility index (Phi) is 5.87. The average Bonchev–Trinajstić information content (AvgIpc) is 3.34. The van der Waals surface area contributed by atoms with Gasteiger partial charge in [-0.2, -0.15) is 0 Å². The van der Waals surface area contributed by atoms with Crippen LogP contribution in [0.4, 0.5) is 0 Å². The van der Waals surface area contributed by atoms with Gasteiger partial charge in [0.25, 0.3) is 0 Å². The van der Waals surface area contributed by atoms with Crippen molar-refractivity contribution in [3.8, 4) is 5.69 Å². The first-order chi connectivity index (χ1) is 20.2. The van der Waals surface area contributed by atoms with E-state index in [1.165, 1.54) is 87.2 Å². The van der Waals surface area contributed by atoms with Gasteiger partial charge >= 0.3 is 0 Å². The molecule has 0 N–H and O–H groups in total. The van der Waals surface area contributed by atoms with Crippen LogP contribution < -0.4 is 10.6 Å². The summed E-state index contributed by atoms with van der Waals surface area (Å²) in [6.45, 7) is 2.99. The fourth-order valence-electron chi connectivity index (χ4n) is 7.59. The molecule has 1 aliphatic heterocycles. The Bertz CT molecular complexity index is 1880. The normalized spacial score (nSPS) is 23.4. The Morgan fingerprint density at radius 2 is 1.80 bits per heavy atom. The second-order valence-electron chi connectivity index (χ2n) is 12.4. The maximum absolute atomic E-state index is 5.13. The number of aromatic nitrogens is 1. The Hall–Kier alpha value is -4.11. The van der Waals surface area contributed by atoms with Crippen molar-refractivity contribution in [3.05, 3.63) is 117 Å². The average molecular weight is 536 g/mol. The molecular weight excluding hydrogens is 498 g/mol. The quantitative estimate of drug-likeness (QED) is 0.347. The SMILES string of the molecule is CC1C=c2c(n(-c3ccc(C4=CC(C5=C6C=CCC[C@@H]6CC6=C5C=CCC6)=NCN4C)cc3)c3ccccc23)=CC1. The van der Waals surface area contributed by atoms with Gasteiger partial charge < -0.3 is 9.47 Å². The zero-order valence-corrected chi connectivity index (χ0v) is 24.1. The molecule has 2 atom stereocenters. The van der Waals surface area contributed by atoms with Crippen LogP contribution in [-0.4, -0.2) is 28.9 Å². The monoisotopic (exact) mass is 535 g/mol. The van der Waals surface area contributed by atoms with Crippen molar-refractivity contribution in [2.24, 2.45) is 16.8 Å². The maximum atomic E-state index is 5.13. The Morgan fingerprint density at radius 3 is 2.71 bits per heavy atom. The van der Waals surface area contributed by atoms with Crippen molar-refractivity contribution in [2.75, 3.05) is 13.7 Å². The largest absolute Gasteiger partial charge is 0.355 e. The molecule has 3 aromatic rings. The molecule has 3 nitrogen and oxygen atoms in total. The smallest absolute Gasteiger partial charge is 0.110 e. The molecule has 0 saturated heterocycles. The molecule has 0 spiro atoms. The molecule has 4 aliphatic carbocycles. The third kappa shape index (κ3) is 4.05. The van der Waals surface area contributed by atoms with E-state index >= 15 is 0 Å². The Balaban J connectivity index is 1.21. The van der Waals surface area contributed by atoms with Crippen LogP contribution in [0.3, 0.4) is 0 Å². The fourth-order valence-corrected chi connectivity index (χ4v) is 7.59. The number of hydrogen-bond donors (Lipinski definition) is 0. The van der Waals surface area contributed by atoms with E-state index in [2.05, 4.69) is 115 Å². The summed E-state index contributed by atoms with van der Waals surface area (Å²) < 4.78 is 2.44. The van der Waals surface area contributed by atoms with Crippen LogP contribution in [0.15, 0.2) is 106 Å². The van der Waals surface area contributed by atoms with Crippen LogP contribution in [0, 0.1) is 11.8 Å². The fraction of sp³-hybridized carbons (Fsp3) is 0.289. The summed E-state index contributed by atoms with van der Waals surface area (Å²) in [5, 5.41) is 4.04. The van der Waals surface area contributed by atoms with Gasteiger partial charge in [-0.25, -0.2) is 0 Å². The molecule has 0 radical (unpaired) electrons. The summed E-state index contributed by atoms with van der Waals surface area (Å²) in [5.41, 5.74) is 12.1. The summed E-state index contributed by atoms with van der Waals surface area (Å²) >= 11 is 0. The number of aliphatic imine (C=N–C) groups is 1. The Labute approximate surface area is 242 Å². The van der Waals surface area contributed by atoms with Crippen LogP contribution in [0.25, 0.3) is 34.4 Å². The second kappa shape index (κ2) is 9.76. The number of hydrogen-bond acceptors (Lipinski definition) is 2. The summed E-state index contributed by atoms with van der Waals surface area (Å²) in [5.74, 6) is 1.21. The highest BCUT2D eigenvalue weighted by atomic mass is 15.2. The van der Waals surface area contributed by atoms with Gasteiger partial charge in [-0.15, -0.1) is 0 Å². The van der Waals surface area contributed by atoms with Crippen molar-refractivity contribution in [3.63, 3.8) is 0 Å². The standard InChI is InChI=1S/C38H37N3/c1-25-15-20-36-33(21-25)32-13-7-8-14-35(32)41(36)29-18-16-26(17-19-29)37-23-34(39-24-40(37)2)38-30-11-5-3-9-27(30)22-28-10-4-6-12-31(28)38/h5-8,11-14,16-21,23,25,27H,3-4,9-10,15,22,24H2,1-2H3/t25?,27-/m1/s1. The molecule has 1 unspecified atom stereocenters. The van der Waals surface area contributed by atoms with E-state index in [0.717, 1.165) is 12.1 Å². The zero-order chi connectivity index (χ0) is 27.5. The van der Waals surface area contributed by atoms with Crippen molar-refractivity contribution < 1.29 is 0 Å². The lowest BCUT2D eigenvalue weighted by molar-refractivity contribution is 0.492. The molecular formula is C38H37N3. The van der Waals surface area contributed by atoms with E-state index in [9.17, 15) is 0 Å². The first kappa shape index (κ1) is 24.7. The zero-order valence-electron chi connectivity index (χ0n) is 24.1. The number of rotatable bonds is 3. The molecule has 5 aliphatic rings. The van der Waals surface area contributed by atoms with Crippen LogP contribution in [0.5, 0.6) is 0 Å². The molecule has 204 valence electrons. The van der Waals surface area contributed by atoms with Crippen molar-refractivity contribution in [1.82, 2.24) is 9.47 Å². The first-order valence-corrected chi connectivity index (χ1v) is 15.4. The number of fused-ring (bicyclic) bond motifs is 4. The first-order valence-electron chi connectivity index (χ1n) is 15.4. The summed E-state index contributed by atoms with van der Waals surface area (Å²) in [6.07, 6.45) is 23.8. The molecule has 1 aromatic heterocycles. The molecule has 3 heteroatoms. The Morgan fingerprint density at radius 1 is 0.951 bits per heavy atom. The van der Waals surface area contributed by atoms with E-state index in [0.29, 0.717) is 18.5 Å². The van der Waals surface area contributed by atoms with Crippen LogP contribution in [0.1, 0.15) is 51.0 Å². The van der Waals surface area contributed by atoms with Gasteiger partial charge in [0.05, 0.1) is 11.2 Å². The minimum Gasteiger partial charge on any atom is -0.355 e. The van der Waals surface area contributed by atoms with E-state index < -0.39 is 0 Å². The van der Waals surface area contributed by atoms with E-state index in [4.69, 9.17) is 4.99 Å². The highest BCUT2D eigenvalue weighted by Gasteiger charge is 2.31. The summed E-state index contributed by atoms with van der Waals surface area (Å²) in [4.78, 5) is 7.41.